The molecule has 212 valence electrons. The van der Waals surface area contributed by atoms with E-state index < -0.39 is 22.7 Å². The van der Waals surface area contributed by atoms with E-state index in [1.165, 1.54) is 12.1 Å². The zero-order valence-corrected chi connectivity index (χ0v) is 25.9. The fourth-order valence-corrected chi connectivity index (χ4v) is 10.6. The number of hydrogen-bond acceptors (Lipinski definition) is 4. The summed E-state index contributed by atoms with van der Waals surface area (Å²) >= 11 is 6.09. The molecule has 1 aliphatic rings. The number of anilines is 1. The lowest BCUT2D eigenvalue weighted by Crippen LogP contribution is -2.24. The number of sulfonamides is 1. The number of benzene rings is 5. The molecule has 1 heterocycles. The van der Waals surface area contributed by atoms with Gasteiger partial charge in [-0.1, -0.05) is 92.2 Å². The number of likely N-dealkylation sites (N-methyl/N-ethyl adjacent to an activating group) is 1. The van der Waals surface area contributed by atoms with Gasteiger partial charge in [0.2, 0.25) is 7.28 Å². The minimum absolute atomic E-state index is 0.0510. The second-order valence-corrected chi connectivity index (χ2v) is 15.5. The number of nitrogens with zero attached hydrogens (tertiary/aromatic N) is 2. The van der Waals surface area contributed by atoms with Gasteiger partial charge in [0.1, 0.15) is 5.75 Å². The van der Waals surface area contributed by atoms with E-state index in [1.54, 1.807) is 12.1 Å². The first-order chi connectivity index (χ1) is 20.1. The van der Waals surface area contributed by atoms with Crippen LogP contribution in [0.15, 0.2) is 142 Å². The van der Waals surface area contributed by atoms with Gasteiger partial charge in [-0.2, -0.15) is 8.42 Å². The lowest BCUT2D eigenvalue weighted by molar-refractivity contribution is 0.594. The summed E-state index contributed by atoms with van der Waals surface area (Å²) in [5.41, 5.74) is 2.69. The van der Waals surface area contributed by atoms with Gasteiger partial charge in [-0.15, -0.1) is 4.15 Å². The van der Waals surface area contributed by atoms with E-state index in [4.69, 9.17) is 20.3 Å². The van der Waals surface area contributed by atoms with Crippen LogP contribution in [-0.4, -0.2) is 15.5 Å². The highest BCUT2D eigenvalue weighted by Crippen LogP contribution is 2.58. The average molecular weight is 613 g/mol. The number of fused-ring (bicyclic) bond motifs is 2. The summed E-state index contributed by atoms with van der Waals surface area (Å²) in [5, 5.41) is 3.17. The Kier molecular flexibility index (Phi) is 7.26. The molecule has 5 aromatic carbocycles. The summed E-state index contributed by atoms with van der Waals surface area (Å²) in [6.07, 6.45) is 0. The second-order valence-electron chi connectivity index (χ2n) is 10.8. The highest BCUT2D eigenvalue weighted by molar-refractivity contribution is 7.95. The third-order valence-electron chi connectivity index (χ3n) is 7.67. The van der Waals surface area contributed by atoms with E-state index in [-0.39, 0.29) is 4.90 Å². The summed E-state index contributed by atoms with van der Waals surface area (Å²) < 4.78 is 39.8. The van der Waals surface area contributed by atoms with E-state index in [9.17, 15) is 8.42 Å². The van der Waals surface area contributed by atoms with Crippen molar-refractivity contribution >= 4 is 50.7 Å². The molecule has 6 rings (SSSR count). The molecule has 0 aliphatic carbocycles. The molecule has 0 N–H and O–H groups in total. The van der Waals surface area contributed by atoms with Gasteiger partial charge in [-0.05, 0) is 70.9 Å². The van der Waals surface area contributed by atoms with Crippen molar-refractivity contribution < 1.29 is 12.9 Å². The first kappa shape index (κ1) is 28.3. The van der Waals surface area contributed by atoms with Crippen molar-refractivity contribution in [1.29, 1.82) is 0 Å². The Balaban J connectivity index is 1.66. The summed E-state index contributed by atoms with van der Waals surface area (Å²) in [6, 6.07) is 37.5. The maximum absolute atomic E-state index is 14.1. The van der Waals surface area contributed by atoms with E-state index in [0.29, 0.717) is 16.1 Å². The van der Waals surface area contributed by atoms with Crippen LogP contribution in [0.1, 0.15) is 19.4 Å². The molecule has 0 aromatic heterocycles. The standard InChI is InChI=1S/C34H30ClN2O3PS/c1-34(2)31-15-9-10-16-32(31)37(3)33(34)24-41(29-13-5-4-6-14-29,36-42(38,39)30-21-18-27(35)19-22-30)40-28-20-17-25-11-7-8-12-26(25)23-28/h4-24H,1-3H3/b33-24+. The van der Waals surface area contributed by atoms with Gasteiger partial charge in [0.05, 0.1) is 4.90 Å². The average Bonchev–Trinajstić information content (AvgIpc) is 3.18. The summed E-state index contributed by atoms with van der Waals surface area (Å²) in [6.45, 7) is 4.29. The summed E-state index contributed by atoms with van der Waals surface area (Å²) in [4.78, 5) is 2.16. The minimum atomic E-state index is -4.18. The normalized spacial score (nSPS) is 16.7. The van der Waals surface area contributed by atoms with Crippen LogP contribution in [0.3, 0.4) is 0 Å². The lowest BCUT2D eigenvalue weighted by atomic mass is 9.84. The lowest BCUT2D eigenvalue weighted by Gasteiger charge is -2.29. The maximum atomic E-state index is 14.1. The Bertz CT molecular complexity index is 1990. The van der Waals surface area contributed by atoms with Crippen LogP contribution in [0.25, 0.3) is 10.8 Å². The molecule has 0 spiro atoms. The topological polar surface area (TPSA) is 59.0 Å². The van der Waals surface area contributed by atoms with Crippen molar-refractivity contribution in [3.63, 3.8) is 0 Å². The number of hydrogen-bond donors (Lipinski definition) is 0. The van der Waals surface area contributed by atoms with Gasteiger partial charge in [-0.3, -0.25) is 0 Å². The van der Waals surface area contributed by atoms with Crippen molar-refractivity contribution in [2.75, 3.05) is 11.9 Å². The Morgan fingerprint density at radius 3 is 2.17 bits per heavy atom. The quantitative estimate of drug-likeness (QED) is 0.180. The molecule has 1 aliphatic heterocycles. The number of halogens is 1. The molecular weight excluding hydrogens is 583 g/mol. The van der Waals surface area contributed by atoms with Crippen molar-refractivity contribution in [1.82, 2.24) is 0 Å². The SMILES string of the molecule is CN1/C(=C/P(=NS(=O)(=O)c2ccc(Cl)cc2)(Oc2ccc3ccccc3c2)c2ccccc2)C(C)(C)c2ccccc21. The van der Waals surface area contributed by atoms with E-state index >= 15 is 0 Å². The van der Waals surface area contributed by atoms with Crippen molar-refractivity contribution in [2.45, 2.75) is 24.2 Å². The van der Waals surface area contributed by atoms with E-state index in [1.807, 2.05) is 97.8 Å². The van der Waals surface area contributed by atoms with Crippen LogP contribution in [-0.2, 0) is 15.4 Å². The highest BCUT2D eigenvalue weighted by Gasteiger charge is 2.41. The van der Waals surface area contributed by atoms with Crippen LogP contribution in [0, 0.1) is 0 Å². The zero-order chi connectivity index (χ0) is 29.5. The maximum Gasteiger partial charge on any atom is 0.284 e. The smallest absolute Gasteiger partial charge is 0.284 e. The predicted molar refractivity (Wildman–Crippen MR) is 175 cm³/mol. The Morgan fingerprint density at radius 1 is 0.810 bits per heavy atom. The summed E-state index contributed by atoms with van der Waals surface area (Å²) in [5.74, 6) is 2.50. The van der Waals surface area contributed by atoms with Crippen LogP contribution in [0.5, 0.6) is 5.75 Å². The fraction of sp³-hybridized carbons (Fsp3) is 0.118. The van der Waals surface area contributed by atoms with Gasteiger partial charge in [0.25, 0.3) is 10.0 Å². The molecule has 0 fully saturated rings. The molecule has 5 nitrogen and oxygen atoms in total. The second kappa shape index (κ2) is 10.8. The van der Waals surface area contributed by atoms with E-state index in [0.717, 1.165) is 27.7 Å². The fourth-order valence-electron chi connectivity index (χ4n) is 5.48. The van der Waals surface area contributed by atoms with Gasteiger partial charge in [0, 0.05) is 40.0 Å². The highest BCUT2D eigenvalue weighted by atomic mass is 35.5. The molecule has 1 atom stereocenters. The third-order valence-corrected chi connectivity index (χ3v) is 12.7. The van der Waals surface area contributed by atoms with Crippen LogP contribution < -0.4 is 14.7 Å². The van der Waals surface area contributed by atoms with Gasteiger partial charge in [-0.25, -0.2) is 0 Å². The zero-order valence-electron chi connectivity index (χ0n) is 23.5. The number of rotatable bonds is 6. The molecule has 5 aromatic rings. The van der Waals surface area contributed by atoms with Crippen molar-refractivity contribution in [3.05, 3.63) is 143 Å². The molecule has 0 radical (unpaired) electrons. The molecule has 42 heavy (non-hydrogen) atoms. The number of allylic oxidation sites excluding steroid dienone is 1. The van der Waals surface area contributed by atoms with Crippen molar-refractivity contribution in [2.24, 2.45) is 4.15 Å². The molecule has 0 saturated carbocycles. The molecule has 8 heteroatoms. The largest absolute Gasteiger partial charge is 0.451 e. The Hall–Kier alpha value is -3.83. The van der Waals surface area contributed by atoms with Crippen LogP contribution >= 0.6 is 18.9 Å². The van der Waals surface area contributed by atoms with Gasteiger partial charge >= 0.3 is 0 Å². The summed E-state index contributed by atoms with van der Waals surface area (Å²) in [7, 11) is -5.62. The van der Waals surface area contributed by atoms with Gasteiger partial charge in [0.15, 0.2) is 0 Å². The minimum Gasteiger partial charge on any atom is -0.451 e. The van der Waals surface area contributed by atoms with Crippen molar-refractivity contribution in [3.8, 4) is 5.75 Å². The monoisotopic (exact) mass is 612 g/mol. The predicted octanol–water partition coefficient (Wildman–Crippen LogP) is 8.97. The first-order valence-electron chi connectivity index (χ1n) is 13.5. The van der Waals surface area contributed by atoms with Crippen LogP contribution in [0.4, 0.5) is 5.69 Å². The molecule has 0 amide bonds. The molecule has 1 unspecified atom stereocenters. The van der Waals surface area contributed by atoms with Crippen LogP contribution in [0.2, 0.25) is 5.02 Å². The molecule has 0 bridgehead atoms. The first-order valence-corrected chi connectivity index (χ1v) is 17.1. The van der Waals surface area contributed by atoms with E-state index in [2.05, 4.69) is 30.9 Å². The third kappa shape index (κ3) is 5.15. The number of para-hydroxylation sites is 1. The Labute approximate surface area is 252 Å². The van der Waals surface area contributed by atoms with Gasteiger partial charge < -0.3 is 9.42 Å². The molecule has 0 saturated heterocycles. The Morgan fingerprint density at radius 2 is 1.45 bits per heavy atom. The molecular formula is C34H30ClN2O3PS.